The molecule has 4 heteroatoms. The van der Waals surface area contributed by atoms with Gasteiger partial charge in [0.2, 0.25) is 0 Å². The second-order valence-corrected chi connectivity index (χ2v) is 5.14. The molecule has 0 radical (unpaired) electrons. The fourth-order valence-corrected chi connectivity index (χ4v) is 2.58. The van der Waals surface area contributed by atoms with Crippen molar-refractivity contribution in [3.63, 3.8) is 0 Å². The molecular formula is C11H16BrN3. The number of hydrogen-bond donors (Lipinski definition) is 1. The van der Waals surface area contributed by atoms with Crippen molar-refractivity contribution in [2.24, 2.45) is 5.92 Å². The molecular weight excluding hydrogens is 254 g/mol. The SMILES string of the molecule is CNc1nc(C2CCC(C)C2)ncc1Br. The quantitative estimate of drug-likeness (QED) is 0.896. The molecule has 1 aliphatic rings. The van der Waals surface area contributed by atoms with Gasteiger partial charge in [0.15, 0.2) is 0 Å². The Hall–Kier alpha value is -0.640. The molecule has 2 rings (SSSR count). The Labute approximate surface area is 98.8 Å². The first-order chi connectivity index (χ1) is 7.20. The summed E-state index contributed by atoms with van der Waals surface area (Å²) in [6, 6.07) is 0. The topological polar surface area (TPSA) is 37.8 Å². The molecule has 1 aromatic rings. The van der Waals surface area contributed by atoms with Gasteiger partial charge in [-0.05, 0) is 41.1 Å². The van der Waals surface area contributed by atoms with Crippen molar-refractivity contribution >= 4 is 21.7 Å². The second kappa shape index (κ2) is 4.47. The van der Waals surface area contributed by atoms with Gasteiger partial charge in [-0.25, -0.2) is 9.97 Å². The predicted molar refractivity (Wildman–Crippen MR) is 65.0 cm³/mol. The van der Waals surface area contributed by atoms with Gasteiger partial charge < -0.3 is 5.32 Å². The molecule has 3 nitrogen and oxygen atoms in total. The molecule has 1 aromatic heterocycles. The van der Waals surface area contributed by atoms with Crippen molar-refractivity contribution in [2.75, 3.05) is 12.4 Å². The molecule has 1 aliphatic carbocycles. The average molecular weight is 270 g/mol. The Kier molecular flexibility index (Phi) is 3.24. The molecule has 0 spiro atoms. The lowest BCUT2D eigenvalue weighted by atomic mass is 10.1. The first kappa shape index (κ1) is 10.9. The van der Waals surface area contributed by atoms with Crippen LogP contribution in [0.3, 0.4) is 0 Å². The van der Waals surface area contributed by atoms with Crippen LogP contribution < -0.4 is 5.32 Å². The summed E-state index contributed by atoms with van der Waals surface area (Å²) in [7, 11) is 1.88. The summed E-state index contributed by atoms with van der Waals surface area (Å²) >= 11 is 3.42. The molecule has 1 N–H and O–H groups in total. The van der Waals surface area contributed by atoms with Crippen LogP contribution in [0.2, 0.25) is 0 Å². The zero-order valence-corrected chi connectivity index (χ0v) is 10.7. The van der Waals surface area contributed by atoms with Crippen molar-refractivity contribution in [1.82, 2.24) is 9.97 Å². The fraction of sp³-hybridized carbons (Fsp3) is 0.636. The van der Waals surface area contributed by atoms with Crippen LogP contribution in [-0.4, -0.2) is 17.0 Å². The summed E-state index contributed by atoms with van der Waals surface area (Å²) in [6.45, 7) is 2.30. The van der Waals surface area contributed by atoms with Crippen LogP contribution in [0.4, 0.5) is 5.82 Å². The smallest absolute Gasteiger partial charge is 0.143 e. The second-order valence-electron chi connectivity index (χ2n) is 4.29. The van der Waals surface area contributed by atoms with Gasteiger partial charge in [0.1, 0.15) is 11.6 Å². The molecule has 1 fully saturated rings. The van der Waals surface area contributed by atoms with Crippen molar-refractivity contribution < 1.29 is 0 Å². The van der Waals surface area contributed by atoms with Gasteiger partial charge in [-0.3, -0.25) is 0 Å². The third-order valence-electron chi connectivity index (χ3n) is 3.06. The van der Waals surface area contributed by atoms with E-state index in [4.69, 9.17) is 0 Å². The molecule has 0 aromatic carbocycles. The minimum atomic E-state index is 0.556. The minimum Gasteiger partial charge on any atom is -0.372 e. The Morgan fingerprint density at radius 1 is 1.47 bits per heavy atom. The van der Waals surface area contributed by atoms with E-state index in [1.54, 1.807) is 0 Å². The molecule has 1 saturated carbocycles. The maximum atomic E-state index is 4.54. The van der Waals surface area contributed by atoms with Crippen molar-refractivity contribution in [2.45, 2.75) is 32.1 Å². The number of anilines is 1. The lowest BCUT2D eigenvalue weighted by Crippen LogP contribution is -2.04. The Bertz CT molecular complexity index is 354. The van der Waals surface area contributed by atoms with E-state index in [2.05, 4.69) is 38.1 Å². The highest BCUT2D eigenvalue weighted by Gasteiger charge is 2.25. The van der Waals surface area contributed by atoms with Crippen LogP contribution in [0, 0.1) is 5.92 Å². The summed E-state index contributed by atoms with van der Waals surface area (Å²) in [6.07, 6.45) is 5.60. The molecule has 1 heterocycles. The summed E-state index contributed by atoms with van der Waals surface area (Å²) in [5, 5.41) is 3.07. The van der Waals surface area contributed by atoms with Crippen molar-refractivity contribution in [1.29, 1.82) is 0 Å². The Balaban J connectivity index is 2.21. The van der Waals surface area contributed by atoms with Crippen LogP contribution >= 0.6 is 15.9 Å². The molecule has 15 heavy (non-hydrogen) atoms. The van der Waals surface area contributed by atoms with Gasteiger partial charge in [0, 0.05) is 19.2 Å². The highest BCUT2D eigenvalue weighted by Crippen LogP contribution is 2.37. The number of nitrogens with one attached hydrogen (secondary N) is 1. The standard InChI is InChI=1S/C11H16BrN3/c1-7-3-4-8(5-7)10-14-6-9(12)11(13-2)15-10/h6-8H,3-5H2,1-2H3,(H,13,14,15). The first-order valence-electron chi connectivity index (χ1n) is 5.41. The van der Waals surface area contributed by atoms with E-state index >= 15 is 0 Å². The molecule has 0 saturated heterocycles. The van der Waals surface area contributed by atoms with E-state index < -0.39 is 0 Å². The zero-order chi connectivity index (χ0) is 10.8. The van der Waals surface area contributed by atoms with Crippen LogP contribution in [-0.2, 0) is 0 Å². The van der Waals surface area contributed by atoms with Crippen molar-refractivity contribution in [3.05, 3.63) is 16.5 Å². The minimum absolute atomic E-state index is 0.556. The van der Waals surface area contributed by atoms with Crippen LogP contribution in [0.5, 0.6) is 0 Å². The third-order valence-corrected chi connectivity index (χ3v) is 3.64. The van der Waals surface area contributed by atoms with E-state index in [9.17, 15) is 0 Å². The molecule has 2 atom stereocenters. The summed E-state index contributed by atoms with van der Waals surface area (Å²) in [5.74, 6) is 3.26. The van der Waals surface area contributed by atoms with Gasteiger partial charge in [-0.2, -0.15) is 0 Å². The van der Waals surface area contributed by atoms with Gasteiger partial charge >= 0.3 is 0 Å². The maximum Gasteiger partial charge on any atom is 0.143 e. The fourth-order valence-electron chi connectivity index (χ4n) is 2.19. The normalized spacial score (nSPS) is 25.5. The molecule has 0 aliphatic heterocycles. The van der Waals surface area contributed by atoms with Crippen LogP contribution in [0.1, 0.15) is 37.9 Å². The number of aromatic nitrogens is 2. The van der Waals surface area contributed by atoms with Crippen LogP contribution in [0.25, 0.3) is 0 Å². The highest BCUT2D eigenvalue weighted by molar-refractivity contribution is 9.10. The van der Waals surface area contributed by atoms with Crippen LogP contribution in [0.15, 0.2) is 10.7 Å². The number of hydrogen-bond acceptors (Lipinski definition) is 3. The van der Waals surface area contributed by atoms with E-state index in [0.717, 1.165) is 22.0 Å². The van der Waals surface area contributed by atoms with Gasteiger partial charge in [-0.15, -0.1) is 0 Å². The first-order valence-corrected chi connectivity index (χ1v) is 6.20. The lowest BCUT2D eigenvalue weighted by Gasteiger charge is -2.10. The maximum absolute atomic E-state index is 4.54. The monoisotopic (exact) mass is 269 g/mol. The van der Waals surface area contributed by atoms with E-state index in [1.165, 1.54) is 19.3 Å². The van der Waals surface area contributed by atoms with Gasteiger partial charge in [0.05, 0.1) is 4.47 Å². The molecule has 0 bridgehead atoms. The lowest BCUT2D eigenvalue weighted by molar-refractivity contribution is 0.585. The Morgan fingerprint density at radius 2 is 2.27 bits per heavy atom. The number of halogens is 1. The molecule has 2 unspecified atom stereocenters. The van der Waals surface area contributed by atoms with Gasteiger partial charge in [-0.1, -0.05) is 6.92 Å². The molecule has 82 valence electrons. The summed E-state index contributed by atoms with van der Waals surface area (Å²) in [5.41, 5.74) is 0. The predicted octanol–water partition coefficient (Wildman–Crippen LogP) is 3.18. The average Bonchev–Trinajstić information content (AvgIpc) is 2.66. The van der Waals surface area contributed by atoms with Crippen molar-refractivity contribution in [3.8, 4) is 0 Å². The zero-order valence-electron chi connectivity index (χ0n) is 9.13. The highest BCUT2D eigenvalue weighted by atomic mass is 79.9. The van der Waals surface area contributed by atoms with E-state index in [1.807, 2.05) is 13.2 Å². The largest absolute Gasteiger partial charge is 0.372 e. The molecule has 0 amide bonds. The third kappa shape index (κ3) is 2.30. The van der Waals surface area contributed by atoms with E-state index in [0.29, 0.717) is 5.92 Å². The number of rotatable bonds is 2. The van der Waals surface area contributed by atoms with E-state index in [-0.39, 0.29) is 0 Å². The summed E-state index contributed by atoms with van der Waals surface area (Å²) in [4.78, 5) is 8.94. The Morgan fingerprint density at radius 3 is 2.87 bits per heavy atom. The summed E-state index contributed by atoms with van der Waals surface area (Å²) < 4.78 is 0.930. The number of nitrogens with zero attached hydrogens (tertiary/aromatic N) is 2. The van der Waals surface area contributed by atoms with Gasteiger partial charge in [0.25, 0.3) is 0 Å².